The Morgan fingerprint density at radius 1 is 0.969 bits per heavy atom. The molecule has 32 heavy (non-hydrogen) atoms. The van der Waals surface area contributed by atoms with Gasteiger partial charge in [0.25, 0.3) is 5.91 Å². The van der Waals surface area contributed by atoms with Crippen molar-refractivity contribution < 1.29 is 18.7 Å². The van der Waals surface area contributed by atoms with Crippen molar-refractivity contribution in [1.29, 1.82) is 0 Å². The molecule has 1 amide bonds. The van der Waals surface area contributed by atoms with Gasteiger partial charge < -0.3 is 19.2 Å². The lowest BCUT2D eigenvalue weighted by molar-refractivity contribution is 0.102. The third-order valence-corrected chi connectivity index (χ3v) is 5.46. The minimum Gasteiger partial charge on any atom is -0.493 e. The monoisotopic (exact) mass is 430 g/mol. The third kappa shape index (κ3) is 4.17. The molecule has 4 aromatic rings. The van der Waals surface area contributed by atoms with E-state index in [1.165, 1.54) is 12.7 Å². The molecule has 0 bridgehead atoms. The molecule has 0 radical (unpaired) electrons. The van der Waals surface area contributed by atoms with Crippen LogP contribution in [0.25, 0.3) is 22.6 Å². The maximum Gasteiger partial charge on any atom is 0.255 e. The van der Waals surface area contributed by atoms with Crippen LogP contribution in [0.3, 0.4) is 0 Å². The Labute approximate surface area is 187 Å². The fourth-order valence-electron chi connectivity index (χ4n) is 3.49. The number of hydrogen-bond acceptors (Lipinski definition) is 5. The number of nitrogens with zero attached hydrogens (tertiary/aromatic N) is 1. The number of methoxy groups -OCH3 is 2. The Hall–Kier alpha value is -3.80. The number of carbonyl (C=O) groups excluding carboxylic acids is 1. The molecule has 6 nitrogen and oxygen atoms in total. The number of aromatic nitrogens is 1. The molecule has 0 aliphatic carbocycles. The van der Waals surface area contributed by atoms with Crippen molar-refractivity contribution in [3.8, 4) is 23.0 Å². The number of fused-ring (bicyclic) bond motifs is 1. The standard InChI is InChI=1S/C26H26N2O4/c1-15(2)17-8-10-22-21(12-17)28-26(32-22)19-7-6-16(3)20(13-19)27-25(29)18-9-11-23(30-4)24(14-18)31-5/h6-15H,1-5H3,(H,27,29). The van der Waals surface area contributed by atoms with Crippen LogP contribution in [0.2, 0.25) is 0 Å². The number of amides is 1. The second-order valence-corrected chi connectivity index (χ2v) is 7.95. The highest BCUT2D eigenvalue weighted by molar-refractivity contribution is 6.05. The molecule has 0 fully saturated rings. The molecule has 0 saturated carbocycles. The van der Waals surface area contributed by atoms with Crippen LogP contribution in [0.1, 0.15) is 41.3 Å². The first-order valence-corrected chi connectivity index (χ1v) is 10.4. The Kier molecular flexibility index (Phi) is 5.86. The summed E-state index contributed by atoms with van der Waals surface area (Å²) in [5, 5.41) is 2.98. The van der Waals surface area contributed by atoms with Gasteiger partial charge in [-0.05, 0) is 66.4 Å². The minimum absolute atomic E-state index is 0.245. The minimum atomic E-state index is -0.245. The van der Waals surface area contributed by atoms with Gasteiger partial charge in [0.2, 0.25) is 5.89 Å². The van der Waals surface area contributed by atoms with Gasteiger partial charge in [0.1, 0.15) is 5.52 Å². The first-order valence-electron chi connectivity index (χ1n) is 10.4. The lowest BCUT2D eigenvalue weighted by atomic mass is 10.0. The van der Waals surface area contributed by atoms with Crippen LogP contribution in [-0.2, 0) is 0 Å². The van der Waals surface area contributed by atoms with Gasteiger partial charge >= 0.3 is 0 Å². The summed E-state index contributed by atoms with van der Waals surface area (Å²) in [6, 6.07) is 16.9. The fourth-order valence-corrected chi connectivity index (χ4v) is 3.49. The van der Waals surface area contributed by atoms with Crippen molar-refractivity contribution in [1.82, 2.24) is 4.98 Å². The van der Waals surface area contributed by atoms with Crippen LogP contribution in [0, 0.1) is 6.92 Å². The van der Waals surface area contributed by atoms with Gasteiger partial charge in [-0.25, -0.2) is 4.98 Å². The van der Waals surface area contributed by atoms with Crippen molar-refractivity contribution in [3.63, 3.8) is 0 Å². The number of oxazole rings is 1. The Morgan fingerprint density at radius 2 is 1.75 bits per heavy atom. The van der Waals surface area contributed by atoms with Crippen molar-refractivity contribution >= 4 is 22.7 Å². The maximum atomic E-state index is 12.9. The van der Waals surface area contributed by atoms with E-state index in [4.69, 9.17) is 13.9 Å². The van der Waals surface area contributed by atoms with Crippen LogP contribution >= 0.6 is 0 Å². The lowest BCUT2D eigenvalue weighted by Gasteiger charge is -2.12. The molecule has 3 aromatic carbocycles. The summed E-state index contributed by atoms with van der Waals surface area (Å²) in [5.41, 5.74) is 5.65. The molecular formula is C26H26N2O4. The van der Waals surface area contributed by atoms with Crippen LogP contribution < -0.4 is 14.8 Å². The summed E-state index contributed by atoms with van der Waals surface area (Å²) in [5.74, 6) is 1.75. The molecule has 1 heterocycles. The van der Waals surface area contributed by atoms with E-state index in [1.54, 1.807) is 25.3 Å². The lowest BCUT2D eigenvalue weighted by Crippen LogP contribution is -2.13. The molecule has 0 atom stereocenters. The van der Waals surface area contributed by atoms with E-state index < -0.39 is 0 Å². The second kappa shape index (κ2) is 8.75. The van der Waals surface area contributed by atoms with Crippen molar-refractivity contribution in [2.75, 3.05) is 19.5 Å². The fraction of sp³-hybridized carbons (Fsp3) is 0.231. The smallest absolute Gasteiger partial charge is 0.255 e. The van der Waals surface area contributed by atoms with Gasteiger partial charge in [-0.3, -0.25) is 4.79 Å². The highest BCUT2D eigenvalue weighted by atomic mass is 16.5. The van der Waals surface area contributed by atoms with Gasteiger partial charge in [-0.15, -0.1) is 0 Å². The van der Waals surface area contributed by atoms with Gasteiger partial charge in [0.05, 0.1) is 14.2 Å². The van der Waals surface area contributed by atoms with Gasteiger partial charge in [0.15, 0.2) is 17.1 Å². The third-order valence-electron chi connectivity index (χ3n) is 5.46. The second-order valence-electron chi connectivity index (χ2n) is 7.95. The number of nitrogens with one attached hydrogen (secondary N) is 1. The van der Waals surface area contributed by atoms with E-state index >= 15 is 0 Å². The maximum absolute atomic E-state index is 12.9. The van der Waals surface area contributed by atoms with Crippen molar-refractivity contribution in [2.45, 2.75) is 26.7 Å². The number of rotatable bonds is 6. The predicted octanol–water partition coefficient (Wildman–Crippen LogP) is 6.20. The van der Waals surface area contributed by atoms with E-state index in [0.29, 0.717) is 34.6 Å². The molecule has 0 unspecified atom stereocenters. The molecule has 6 heteroatoms. The predicted molar refractivity (Wildman–Crippen MR) is 126 cm³/mol. The molecule has 1 aromatic heterocycles. The van der Waals surface area contributed by atoms with Crippen molar-refractivity contribution in [3.05, 3.63) is 71.3 Å². The Bertz CT molecular complexity index is 1290. The van der Waals surface area contributed by atoms with Crippen LogP contribution in [0.5, 0.6) is 11.5 Å². The molecule has 4 rings (SSSR count). The molecular weight excluding hydrogens is 404 g/mol. The molecule has 164 valence electrons. The van der Waals surface area contributed by atoms with E-state index in [2.05, 4.69) is 36.3 Å². The summed E-state index contributed by atoms with van der Waals surface area (Å²) >= 11 is 0. The summed E-state index contributed by atoms with van der Waals surface area (Å²) in [6.07, 6.45) is 0. The van der Waals surface area contributed by atoms with Crippen molar-refractivity contribution in [2.24, 2.45) is 0 Å². The molecule has 0 aliphatic rings. The summed E-state index contributed by atoms with van der Waals surface area (Å²) in [6.45, 7) is 6.24. The number of anilines is 1. The van der Waals surface area contributed by atoms with Gasteiger partial charge in [-0.1, -0.05) is 26.0 Å². The van der Waals surface area contributed by atoms with Gasteiger partial charge in [0, 0.05) is 16.8 Å². The molecule has 0 saturated heterocycles. The zero-order valence-electron chi connectivity index (χ0n) is 18.9. The Morgan fingerprint density at radius 3 is 2.47 bits per heavy atom. The van der Waals surface area contributed by atoms with E-state index in [0.717, 1.165) is 22.2 Å². The van der Waals surface area contributed by atoms with E-state index in [9.17, 15) is 4.79 Å². The largest absolute Gasteiger partial charge is 0.493 e. The topological polar surface area (TPSA) is 73.6 Å². The van der Waals surface area contributed by atoms with E-state index in [1.807, 2.05) is 31.2 Å². The number of hydrogen-bond donors (Lipinski definition) is 1. The molecule has 1 N–H and O–H groups in total. The number of carbonyl (C=O) groups is 1. The highest BCUT2D eigenvalue weighted by Gasteiger charge is 2.15. The summed E-state index contributed by atoms with van der Waals surface area (Å²) < 4.78 is 16.5. The van der Waals surface area contributed by atoms with Gasteiger partial charge in [-0.2, -0.15) is 0 Å². The zero-order chi connectivity index (χ0) is 22.8. The highest BCUT2D eigenvalue weighted by Crippen LogP contribution is 2.31. The number of aryl methyl sites for hydroxylation is 1. The quantitative estimate of drug-likeness (QED) is 0.394. The molecule has 0 spiro atoms. The van der Waals surface area contributed by atoms with Crippen LogP contribution in [0.15, 0.2) is 59.0 Å². The van der Waals surface area contributed by atoms with E-state index in [-0.39, 0.29) is 5.91 Å². The number of benzene rings is 3. The zero-order valence-corrected chi connectivity index (χ0v) is 18.9. The first kappa shape index (κ1) is 21.4. The Balaban J connectivity index is 1.63. The average molecular weight is 431 g/mol. The van der Waals surface area contributed by atoms with Crippen LogP contribution in [0.4, 0.5) is 5.69 Å². The molecule has 0 aliphatic heterocycles. The normalized spacial score (nSPS) is 11.1. The first-order chi connectivity index (χ1) is 15.4. The average Bonchev–Trinajstić information content (AvgIpc) is 3.23. The summed E-state index contributed by atoms with van der Waals surface area (Å²) in [4.78, 5) is 17.5. The number of ether oxygens (including phenoxy) is 2. The SMILES string of the molecule is COc1ccc(C(=O)Nc2cc(-c3nc4cc(C(C)C)ccc4o3)ccc2C)cc1OC. The summed E-state index contributed by atoms with van der Waals surface area (Å²) in [7, 11) is 3.10. The van der Waals surface area contributed by atoms with Crippen LogP contribution in [-0.4, -0.2) is 25.1 Å².